The summed E-state index contributed by atoms with van der Waals surface area (Å²) in [7, 11) is 0. The fourth-order valence-corrected chi connectivity index (χ4v) is 1.49. The Morgan fingerprint density at radius 1 is 1.44 bits per heavy atom. The van der Waals surface area contributed by atoms with E-state index in [4.69, 9.17) is 11.6 Å². The molecule has 0 spiro atoms. The van der Waals surface area contributed by atoms with E-state index in [2.05, 4.69) is 10.1 Å². The van der Waals surface area contributed by atoms with Gasteiger partial charge in [0.2, 0.25) is 5.91 Å². The van der Waals surface area contributed by atoms with Crippen LogP contribution in [0.25, 0.3) is 0 Å². The standard InChI is InChI=1S/C9H13ClF3NO2/c10-5-8(2-3-8)14-7(15)1-4-16-6-9(11,12)13/h1-6H2,(H,14,15). The molecule has 0 aromatic heterocycles. The Labute approximate surface area is 96.3 Å². The normalized spacial score (nSPS) is 18.2. The van der Waals surface area contributed by atoms with Gasteiger partial charge in [-0.3, -0.25) is 4.79 Å². The van der Waals surface area contributed by atoms with Crippen molar-refractivity contribution in [2.45, 2.75) is 31.0 Å². The number of hydrogen-bond acceptors (Lipinski definition) is 2. The van der Waals surface area contributed by atoms with Crippen LogP contribution in [-0.2, 0) is 9.53 Å². The van der Waals surface area contributed by atoms with Crippen LogP contribution in [0.5, 0.6) is 0 Å². The number of halogens is 4. The maximum atomic E-state index is 11.7. The summed E-state index contributed by atoms with van der Waals surface area (Å²) in [6.45, 7) is -1.55. The van der Waals surface area contributed by atoms with E-state index in [9.17, 15) is 18.0 Å². The maximum Gasteiger partial charge on any atom is 0.411 e. The average Bonchev–Trinajstić information content (AvgIpc) is 2.92. The Kier molecular flexibility index (Phi) is 4.43. The van der Waals surface area contributed by atoms with Crippen molar-refractivity contribution >= 4 is 17.5 Å². The minimum absolute atomic E-state index is 0.0747. The molecule has 1 rings (SSSR count). The summed E-state index contributed by atoms with van der Waals surface area (Å²) in [4.78, 5) is 11.3. The van der Waals surface area contributed by atoms with Gasteiger partial charge in [0.1, 0.15) is 6.61 Å². The number of hydrogen-bond donors (Lipinski definition) is 1. The highest BCUT2D eigenvalue weighted by Gasteiger charge is 2.42. The van der Waals surface area contributed by atoms with Gasteiger partial charge in [-0.15, -0.1) is 11.6 Å². The zero-order valence-corrected chi connectivity index (χ0v) is 9.33. The monoisotopic (exact) mass is 259 g/mol. The van der Waals surface area contributed by atoms with Crippen molar-refractivity contribution in [1.82, 2.24) is 5.32 Å². The number of amides is 1. The van der Waals surface area contributed by atoms with Gasteiger partial charge in [0.15, 0.2) is 0 Å². The first-order valence-corrected chi connectivity index (χ1v) is 5.42. The molecule has 16 heavy (non-hydrogen) atoms. The van der Waals surface area contributed by atoms with Crippen LogP contribution in [0.15, 0.2) is 0 Å². The third-order valence-electron chi connectivity index (χ3n) is 2.25. The largest absolute Gasteiger partial charge is 0.411 e. The number of alkyl halides is 4. The molecule has 3 nitrogen and oxygen atoms in total. The van der Waals surface area contributed by atoms with Crippen LogP contribution in [0.4, 0.5) is 13.2 Å². The summed E-state index contributed by atoms with van der Waals surface area (Å²) in [5, 5.41) is 2.68. The fraction of sp³-hybridized carbons (Fsp3) is 0.889. The van der Waals surface area contributed by atoms with Gasteiger partial charge in [0.25, 0.3) is 0 Å². The maximum absolute atomic E-state index is 11.7. The summed E-state index contributed by atoms with van der Waals surface area (Å²) in [5.41, 5.74) is -0.317. The van der Waals surface area contributed by atoms with Crippen LogP contribution in [0, 0.1) is 0 Å². The van der Waals surface area contributed by atoms with Crippen molar-refractivity contribution < 1.29 is 22.7 Å². The predicted octanol–water partition coefficient (Wildman–Crippen LogP) is 1.84. The lowest BCUT2D eigenvalue weighted by molar-refractivity contribution is -0.174. The Bertz CT molecular complexity index is 254. The van der Waals surface area contributed by atoms with Gasteiger partial charge in [-0.1, -0.05) is 0 Å². The molecule has 1 aliphatic rings. The molecular weight excluding hydrogens is 247 g/mol. The SMILES string of the molecule is O=C(CCOCC(F)(F)F)NC1(CCl)CC1. The number of rotatable bonds is 6. The highest BCUT2D eigenvalue weighted by Crippen LogP contribution is 2.36. The molecule has 0 aliphatic heterocycles. The Hall–Kier alpha value is -0.490. The molecule has 0 saturated heterocycles. The molecule has 1 fully saturated rings. The van der Waals surface area contributed by atoms with E-state index < -0.39 is 12.8 Å². The van der Waals surface area contributed by atoms with Crippen molar-refractivity contribution in [2.24, 2.45) is 0 Å². The lowest BCUT2D eigenvalue weighted by Gasteiger charge is -2.14. The minimum atomic E-state index is -4.34. The topological polar surface area (TPSA) is 38.3 Å². The van der Waals surface area contributed by atoms with Crippen LogP contribution in [0.2, 0.25) is 0 Å². The fourth-order valence-electron chi connectivity index (χ4n) is 1.15. The van der Waals surface area contributed by atoms with E-state index in [1.165, 1.54) is 0 Å². The highest BCUT2D eigenvalue weighted by atomic mass is 35.5. The molecule has 0 heterocycles. The van der Waals surface area contributed by atoms with E-state index in [1.54, 1.807) is 0 Å². The van der Waals surface area contributed by atoms with E-state index in [-0.39, 0.29) is 24.5 Å². The summed E-state index contributed by atoms with van der Waals surface area (Å²) < 4.78 is 39.3. The van der Waals surface area contributed by atoms with Gasteiger partial charge in [-0.2, -0.15) is 13.2 Å². The molecule has 0 radical (unpaired) electrons. The molecule has 7 heteroatoms. The van der Waals surface area contributed by atoms with Gasteiger partial charge in [-0.25, -0.2) is 0 Å². The quantitative estimate of drug-likeness (QED) is 0.584. The van der Waals surface area contributed by atoms with Gasteiger partial charge in [0.05, 0.1) is 12.1 Å². The van der Waals surface area contributed by atoms with Crippen LogP contribution in [0.3, 0.4) is 0 Å². The smallest absolute Gasteiger partial charge is 0.372 e. The van der Waals surface area contributed by atoms with Crippen LogP contribution in [0.1, 0.15) is 19.3 Å². The summed E-state index contributed by atoms with van der Waals surface area (Å²) in [6, 6.07) is 0. The number of carbonyl (C=O) groups excluding carboxylic acids is 1. The molecule has 0 aromatic carbocycles. The second kappa shape index (κ2) is 5.23. The predicted molar refractivity (Wildman–Crippen MR) is 52.3 cm³/mol. The first-order chi connectivity index (χ1) is 7.37. The Morgan fingerprint density at radius 2 is 2.06 bits per heavy atom. The summed E-state index contributed by atoms with van der Waals surface area (Å²) >= 11 is 5.63. The van der Waals surface area contributed by atoms with Crippen LogP contribution in [-0.4, -0.2) is 36.7 Å². The molecule has 94 valence electrons. The molecule has 1 amide bonds. The number of carbonyl (C=O) groups is 1. The third kappa shape index (κ3) is 5.03. The van der Waals surface area contributed by atoms with Crippen LogP contribution < -0.4 is 5.32 Å². The first-order valence-electron chi connectivity index (χ1n) is 4.88. The van der Waals surface area contributed by atoms with Crippen molar-refractivity contribution in [3.05, 3.63) is 0 Å². The van der Waals surface area contributed by atoms with Gasteiger partial charge < -0.3 is 10.1 Å². The molecule has 0 bridgehead atoms. The second-order valence-electron chi connectivity index (χ2n) is 3.88. The molecular formula is C9H13ClF3NO2. The first kappa shape index (κ1) is 13.6. The summed E-state index contributed by atoms with van der Waals surface area (Å²) in [5.74, 6) is 0.0163. The van der Waals surface area contributed by atoms with E-state index in [0.717, 1.165) is 12.8 Å². The third-order valence-corrected chi connectivity index (χ3v) is 2.76. The van der Waals surface area contributed by atoms with Crippen molar-refractivity contribution in [1.29, 1.82) is 0 Å². The van der Waals surface area contributed by atoms with E-state index in [0.29, 0.717) is 5.88 Å². The summed E-state index contributed by atoms with van der Waals surface area (Å²) in [6.07, 6.45) is -2.77. The zero-order chi connectivity index (χ0) is 12.2. The van der Waals surface area contributed by atoms with Gasteiger partial charge >= 0.3 is 6.18 Å². The number of ether oxygens (including phenoxy) is 1. The lowest BCUT2D eigenvalue weighted by Crippen LogP contribution is -2.38. The Balaban J connectivity index is 2.07. The lowest BCUT2D eigenvalue weighted by atomic mass is 10.3. The number of nitrogens with one attached hydrogen (secondary N) is 1. The van der Waals surface area contributed by atoms with Crippen molar-refractivity contribution in [3.63, 3.8) is 0 Å². The van der Waals surface area contributed by atoms with Crippen molar-refractivity contribution in [2.75, 3.05) is 19.1 Å². The van der Waals surface area contributed by atoms with Crippen LogP contribution >= 0.6 is 11.6 Å². The Morgan fingerprint density at radius 3 is 2.50 bits per heavy atom. The van der Waals surface area contributed by atoms with E-state index in [1.807, 2.05) is 0 Å². The average molecular weight is 260 g/mol. The van der Waals surface area contributed by atoms with Gasteiger partial charge in [-0.05, 0) is 12.8 Å². The van der Waals surface area contributed by atoms with E-state index >= 15 is 0 Å². The molecule has 0 atom stereocenters. The molecule has 1 aliphatic carbocycles. The highest BCUT2D eigenvalue weighted by molar-refractivity contribution is 6.19. The molecule has 1 saturated carbocycles. The zero-order valence-electron chi connectivity index (χ0n) is 8.57. The molecule has 0 unspecified atom stereocenters. The minimum Gasteiger partial charge on any atom is -0.372 e. The molecule has 1 N–H and O–H groups in total. The second-order valence-corrected chi connectivity index (χ2v) is 4.15. The molecule has 0 aromatic rings. The van der Waals surface area contributed by atoms with Gasteiger partial charge in [0, 0.05) is 12.3 Å². The van der Waals surface area contributed by atoms with Crippen molar-refractivity contribution in [3.8, 4) is 0 Å².